The fourth-order valence-corrected chi connectivity index (χ4v) is 1.58. The lowest BCUT2D eigenvalue weighted by atomic mass is 10.2. The Labute approximate surface area is 104 Å². The van der Waals surface area contributed by atoms with Gasteiger partial charge in [-0.3, -0.25) is 10.1 Å². The lowest BCUT2D eigenvalue weighted by Crippen LogP contribution is -2.28. The molecule has 2 aromatic rings. The summed E-state index contributed by atoms with van der Waals surface area (Å²) in [6.45, 7) is 3.89. The molecule has 0 aromatic carbocycles. The van der Waals surface area contributed by atoms with E-state index >= 15 is 0 Å². The van der Waals surface area contributed by atoms with Crippen molar-refractivity contribution in [3.8, 4) is 0 Å². The number of imidazole rings is 1. The van der Waals surface area contributed by atoms with Gasteiger partial charge in [0, 0.05) is 18.3 Å². The Morgan fingerprint density at radius 1 is 1.44 bits per heavy atom. The number of carbonyl (C=O) groups excluding carboxylic acids is 2. The molecule has 18 heavy (non-hydrogen) atoms. The van der Waals surface area contributed by atoms with Gasteiger partial charge in [-0.15, -0.1) is 0 Å². The first kappa shape index (κ1) is 12.1. The molecule has 0 aliphatic heterocycles. The number of carbonyl (C=O) groups is 2. The van der Waals surface area contributed by atoms with Crippen LogP contribution in [-0.4, -0.2) is 27.7 Å². The summed E-state index contributed by atoms with van der Waals surface area (Å²) in [5, 5.41) is 5.23. The maximum Gasteiger partial charge on any atom is 0.320 e. The Hall–Kier alpha value is -2.37. The molecule has 6 heteroatoms. The van der Waals surface area contributed by atoms with Gasteiger partial charge < -0.3 is 9.72 Å². The predicted octanol–water partition coefficient (Wildman–Crippen LogP) is 1.68. The second-order valence-electron chi connectivity index (χ2n) is 3.85. The van der Waals surface area contributed by atoms with Crippen LogP contribution >= 0.6 is 0 Å². The lowest BCUT2D eigenvalue weighted by molar-refractivity contribution is 0.101. The highest BCUT2D eigenvalue weighted by molar-refractivity contribution is 5.95. The Balaban J connectivity index is 2.27. The number of Topliss-reactive ketones (excluding diaryl/α,β-unsaturated/α-hetero) is 1. The summed E-state index contributed by atoms with van der Waals surface area (Å²) in [5.41, 5.74) is 1.21. The molecule has 0 spiro atoms. The van der Waals surface area contributed by atoms with E-state index in [0.717, 1.165) is 0 Å². The minimum atomic E-state index is -0.298. The van der Waals surface area contributed by atoms with Crippen LogP contribution in [0.3, 0.4) is 0 Å². The number of pyridine rings is 1. The topological polar surface area (TPSA) is 75.5 Å². The summed E-state index contributed by atoms with van der Waals surface area (Å²) in [4.78, 5) is 26.8. The van der Waals surface area contributed by atoms with E-state index in [1.807, 2.05) is 6.92 Å². The number of rotatable bonds is 3. The van der Waals surface area contributed by atoms with E-state index in [0.29, 0.717) is 23.6 Å². The van der Waals surface area contributed by atoms with Crippen molar-refractivity contribution < 1.29 is 9.59 Å². The first-order valence-electron chi connectivity index (χ1n) is 5.64. The monoisotopic (exact) mass is 246 g/mol. The normalized spacial score (nSPS) is 10.3. The van der Waals surface area contributed by atoms with Crippen LogP contribution in [0.2, 0.25) is 0 Å². The zero-order valence-corrected chi connectivity index (χ0v) is 10.2. The number of nitrogens with zero attached hydrogens (tertiary/aromatic N) is 2. The third kappa shape index (κ3) is 2.48. The van der Waals surface area contributed by atoms with Crippen molar-refractivity contribution in [2.75, 3.05) is 11.9 Å². The molecule has 0 radical (unpaired) electrons. The van der Waals surface area contributed by atoms with Crippen molar-refractivity contribution in [3.63, 3.8) is 0 Å². The molecule has 0 aliphatic carbocycles. The van der Waals surface area contributed by atoms with E-state index in [-0.39, 0.29) is 11.8 Å². The van der Waals surface area contributed by atoms with E-state index in [2.05, 4.69) is 15.6 Å². The fraction of sp³-hybridized carbons (Fsp3) is 0.250. The van der Waals surface area contributed by atoms with E-state index in [1.54, 1.807) is 28.9 Å². The number of aromatic nitrogens is 2. The van der Waals surface area contributed by atoms with Gasteiger partial charge in [0.1, 0.15) is 5.65 Å². The van der Waals surface area contributed by atoms with Gasteiger partial charge in [0.15, 0.2) is 11.6 Å². The largest absolute Gasteiger partial charge is 0.338 e. The van der Waals surface area contributed by atoms with Gasteiger partial charge in [0.2, 0.25) is 0 Å². The SMILES string of the molecule is CCNC(=O)Nc1cn2ccc(C(C)=O)cc2n1. The first-order chi connectivity index (χ1) is 8.60. The number of anilines is 1. The molecule has 2 N–H and O–H groups in total. The van der Waals surface area contributed by atoms with Crippen molar-refractivity contribution in [3.05, 3.63) is 30.1 Å². The van der Waals surface area contributed by atoms with Gasteiger partial charge in [0.25, 0.3) is 0 Å². The Morgan fingerprint density at radius 3 is 2.89 bits per heavy atom. The molecule has 0 bridgehead atoms. The van der Waals surface area contributed by atoms with Crippen LogP contribution < -0.4 is 10.6 Å². The predicted molar refractivity (Wildman–Crippen MR) is 67.9 cm³/mol. The van der Waals surface area contributed by atoms with E-state index in [4.69, 9.17) is 0 Å². The van der Waals surface area contributed by atoms with Crippen LogP contribution in [0.25, 0.3) is 5.65 Å². The molecule has 2 amide bonds. The van der Waals surface area contributed by atoms with Crippen LogP contribution in [0.1, 0.15) is 24.2 Å². The summed E-state index contributed by atoms with van der Waals surface area (Å²) in [6, 6.07) is 3.10. The number of ketones is 1. The van der Waals surface area contributed by atoms with Gasteiger partial charge in [-0.05, 0) is 26.0 Å². The third-order valence-corrected chi connectivity index (χ3v) is 2.45. The Morgan fingerprint density at radius 2 is 2.22 bits per heavy atom. The summed E-state index contributed by atoms with van der Waals surface area (Å²) >= 11 is 0. The van der Waals surface area contributed by atoms with Crippen molar-refractivity contribution in [1.29, 1.82) is 0 Å². The maximum absolute atomic E-state index is 11.3. The van der Waals surface area contributed by atoms with Crippen LogP contribution in [0.4, 0.5) is 10.6 Å². The van der Waals surface area contributed by atoms with Crippen LogP contribution in [0, 0.1) is 0 Å². The molecule has 0 atom stereocenters. The molecule has 6 nitrogen and oxygen atoms in total. The van der Waals surface area contributed by atoms with Gasteiger partial charge >= 0.3 is 6.03 Å². The summed E-state index contributed by atoms with van der Waals surface area (Å²) in [5.74, 6) is 0.431. The minimum absolute atomic E-state index is 0.0151. The molecule has 2 aromatic heterocycles. The van der Waals surface area contributed by atoms with Crippen molar-refractivity contribution in [1.82, 2.24) is 14.7 Å². The third-order valence-electron chi connectivity index (χ3n) is 2.45. The van der Waals surface area contributed by atoms with Crippen LogP contribution in [-0.2, 0) is 0 Å². The van der Waals surface area contributed by atoms with Gasteiger partial charge in [-0.2, -0.15) is 0 Å². The quantitative estimate of drug-likeness (QED) is 0.809. The molecule has 0 unspecified atom stereocenters. The summed E-state index contributed by atoms with van der Waals surface area (Å²) < 4.78 is 1.74. The van der Waals surface area contributed by atoms with Gasteiger partial charge in [0.05, 0.1) is 6.20 Å². The number of hydrogen-bond acceptors (Lipinski definition) is 3. The smallest absolute Gasteiger partial charge is 0.320 e. The van der Waals surface area contributed by atoms with E-state index in [1.165, 1.54) is 6.92 Å². The van der Waals surface area contributed by atoms with Crippen molar-refractivity contribution >= 4 is 23.3 Å². The average molecular weight is 246 g/mol. The maximum atomic E-state index is 11.3. The molecule has 0 aliphatic rings. The molecule has 2 rings (SSSR count). The minimum Gasteiger partial charge on any atom is -0.338 e. The second kappa shape index (κ2) is 4.87. The standard InChI is InChI=1S/C12H14N4O2/c1-3-13-12(18)15-10-7-16-5-4-9(8(2)17)6-11(16)14-10/h4-7H,3H2,1-2H3,(H2,13,15,18). The number of urea groups is 1. The van der Waals surface area contributed by atoms with Crippen molar-refractivity contribution in [2.45, 2.75) is 13.8 Å². The lowest BCUT2D eigenvalue weighted by Gasteiger charge is -2.00. The highest BCUT2D eigenvalue weighted by Gasteiger charge is 2.07. The van der Waals surface area contributed by atoms with Crippen LogP contribution in [0.15, 0.2) is 24.5 Å². The van der Waals surface area contributed by atoms with E-state index < -0.39 is 0 Å². The zero-order chi connectivity index (χ0) is 13.1. The second-order valence-corrected chi connectivity index (χ2v) is 3.85. The Kier molecular flexibility index (Phi) is 3.27. The number of hydrogen-bond donors (Lipinski definition) is 2. The number of fused-ring (bicyclic) bond motifs is 1. The highest BCUT2D eigenvalue weighted by Crippen LogP contribution is 2.12. The van der Waals surface area contributed by atoms with Crippen molar-refractivity contribution in [2.24, 2.45) is 0 Å². The number of amides is 2. The molecule has 0 saturated heterocycles. The summed E-state index contributed by atoms with van der Waals surface area (Å²) in [7, 11) is 0. The molecule has 94 valence electrons. The zero-order valence-electron chi connectivity index (χ0n) is 10.2. The van der Waals surface area contributed by atoms with Gasteiger partial charge in [-0.25, -0.2) is 9.78 Å². The average Bonchev–Trinajstić information content (AvgIpc) is 2.69. The fourth-order valence-electron chi connectivity index (χ4n) is 1.58. The molecule has 2 heterocycles. The van der Waals surface area contributed by atoms with Crippen LogP contribution in [0.5, 0.6) is 0 Å². The molecule has 0 fully saturated rings. The molecular weight excluding hydrogens is 232 g/mol. The van der Waals surface area contributed by atoms with E-state index in [9.17, 15) is 9.59 Å². The molecular formula is C12H14N4O2. The number of nitrogens with one attached hydrogen (secondary N) is 2. The Bertz CT molecular complexity index is 603. The molecule has 0 saturated carbocycles. The summed E-state index contributed by atoms with van der Waals surface area (Å²) in [6.07, 6.45) is 3.43. The highest BCUT2D eigenvalue weighted by atomic mass is 16.2. The van der Waals surface area contributed by atoms with Gasteiger partial charge in [-0.1, -0.05) is 0 Å². The first-order valence-corrected chi connectivity index (χ1v) is 5.64.